The SMILES string of the molecule is [O-][NH+]1C=NC=C2N=NC=C21. The third-order valence-electron chi connectivity index (χ3n) is 1.28. The normalized spacial score (nSPS) is 27.9. The van der Waals surface area contributed by atoms with E-state index in [1.165, 1.54) is 18.7 Å². The molecule has 0 aromatic rings. The lowest BCUT2D eigenvalue weighted by Gasteiger charge is -2.17. The van der Waals surface area contributed by atoms with Gasteiger partial charge in [0.25, 0.3) is 0 Å². The zero-order chi connectivity index (χ0) is 6.97. The topological polar surface area (TPSA) is 64.6 Å². The molecule has 0 fully saturated rings. The Labute approximate surface area is 56.7 Å². The third-order valence-corrected chi connectivity index (χ3v) is 1.28. The van der Waals surface area contributed by atoms with Crippen molar-refractivity contribution in [3.8, 4) is 0 Å². The number of azo groups is 1. The fraction of sp³-hybridized carbons (Fsp3) is 0. The molecule has 0 amide bonds. The highest BCUT2D eigenvalue weighted by Crippen LogP contribution is 2.14. The van der Waals surface area contributed by atoms with E-state index in [0.29, 0.717) is 11.4 Å². The molecule has 0 bridgehead atoms. The van der Waals surface area contributed by atoms with Gasteiger partial charge in [0.2, 0.25) is 0 Å². The zero-order valence-corrected chi connectivity index (χ0v) is 4.98. The maximum atomic E-state index is 10.9. The number of quaternary nitrogens is 1. The van der Waals surface area contributed by atoms with Crippen LogP contribution in [0.25, 0.3) is 0 Å². The first-order chi connectivity index (χ1) is 4.88. The Morgan fingerprint density at radius 2 is 2.30 bits per heavy atom. The molecule has 0 spiro atoms. The fourth-order valence-corrected chi connectivity index (χ4v) is 0.799. The summed E-state index contributed by atoms with van der Waals surface area (Å²) in [7, 11) is 0. The molecule has 1 atom stereocenters. The van der Waals surface area contributed by atoms with Crippen LogP contribution in [0.15, 0.2) is 39.0 Å². The van der Waals surface area contributed by atoms with Crippen LogP contribution in [0.2, 0.25) is 0 Å². The molecule has 5 nitrogen and oxygen atoms in total. The van der Waals surface area contributed by atoms with Crippen LogP contribution in [0.3, 0.4) is 0 Å². The van der Waals surface area contributed by atoms with Crippen molar-refractivity contribution in [2.75, 3.05) is 0 Å². The smallest absolute Gasteiger partial charge is 0.193 e. The number of fused-ring (bicyclic) bond motifs is 1. The van der Waals surface area contributed by atoms with Crippen LogP contribution in [0.4, 0.5) is 0 Å². The van der Waals surface area contributed by atoms with Gasteiger partial charge >= 0.3 is 0 Å². The van der Waals surface area contributed by atoms with Crippen molar-refractivity contribution in [2.45, 2.75) is 0 Å². The summed E-state index contributed by atoms with van der Waals surface area (Å²) < 4.78 is 0. The Morgan fingerprint density at radius 1 is 1.40 bits per heavy atom. The molecule has 0 saturated carbocycles. The molecule has 10 heavy (non-hydrogen) atoms. The monoisotopic (exact) mass is 136 g/mol. The highest BCUT2D eigenvalue weighted by Gasteiger charge is 2.18. The van der Waals surface area contributed by atoms with Gasteiger partial charge in [-0.05, 0) is 0 Å². The van der Waals surface area contributed by atoms with Crippen molar-refractivity contribution in [3.63, 3.8) is 0 Å². The van der Waals surface area contributed by atoms with E-state index in [4.69, 9.17) is 0 Å². The van der Waals surface area contributed by atoms with Crippen molar-refractivity contribution < 1.29 is 5.06 Å². The second kappa shape index (κ2) is 1.83. The van der Waals surface area contributed by atoms with Crippen molar-refractivity contribution >= 4 is 6.34 Å². The summed E-state index contributed by atoms with van der Waals surface area (Å²) in [6.45, 7) is 0. The van der Waals surface area contributed by atoms with Gasteiger partial charge in [-0.25, -0.2) is 4.99 Å². The van der Waals surface area contributed by atoms with Gasteiger partial charge in [-0.1, -0.05) is 0 Å². The maximum absolute atomic E-state index is 10.9. The Hall–Kier alpha value is -1.33. The largest absolute Gasteiger partial charge is 0.623 e. The standard InChI is InChI=1S/C5H4N4O/c10-9-3-6-1-4-5(9)2-7-8-4/h1-3,9H. The third kappa shape index (κ3) is 0.615. The molecule has 1 unspecified atom stereocenters. The van der Waals surface area contributed by atoms with Gasteiger partial charge in [0.05, 0.1) is 6.20 Å². The van der Waals surface area contributed by atoms with E-state index in [9.17, 15) is 5.21 Å². The van der Waals surface area contributed by atoms with Crippen LogP contribution >= 0.6 is 0 Å². The summed E-state index contributed by atoms with van der Waals surface area (Å²) in [5, 5.41) is 18.0. The summed E-state index contributed by atoms with van der Waals surface area (Å²) in [5.41, 5.74) is 1.10. The number of hydrogen-bond donors (Lipinski definition) is 1. The first-order valence-corrected chi connectivity index (χ1v) is 2.77. The molecule has 0 aromatic heterocycles. The van der Waals surface area contributed by atoms with Crippen molar-refractivity contribution in [1.82, 2.24) is 0 Å². The lowest BCUT2D eigenvalue weighted by molar-refractivity contribution is -0.690. The predicted molar refractivity (Wildman–Crippen MR) is 33.8 cm³/mol. The molecule has 50 valence electrons. The quantitative estimate of drug-likeness (QED) is 0.451. The minimum atomic E-state index is -0.123. The summed E-state index contributed by atoms with van der Waals surface area (Å²) in [6.07, 6.45) is 4.22. The van der Waals surface area contributed by atoms with Gasteiger partial charge in [0.1, 0.15) is 6.20 Å². The maximum Gasteiger partial charge on any atom is 0.193 e. The summed E-state index contributed by atoms with van der Waals surface area (Å²) >= 11 is 0. The minimum absolute atomic E-state index is 0.123. The molecule has 2 rings (SSSR count). The number of nitrogens with one attached hydrogen (secondary N) is 1. The van der Waals surface area contributed by atoms with Gasteiger partial charge in [-0.15, -0.1) is 5.11 Å². The molecule has 5 heteroatoms. The molecular formula is C5H4N4O. The highest BCUT2D eigenvalue weighted by atomic mass is 16.5. The average Bonchev–Trinajstić information content (AvgIpc) is 2.36. The van der Waals surface area contributed by atoms with Crippen molar-refractivity contribution in [1.29, 1.82) is 0 Å². The van der Waals surface area contributed by atoms with E-state index in [2.05, 4.69) is 15.2 Å². The number of aliphatic imine (C=N–C) groups is 1. The molecule has 2 aliphatic rings. The molecule has 1 N–H and O–H groups in total. The zero-order valence-electron chi connectivity index (χ0n) is 4.98. The summed E-state index contributed by atoms with van der Waals surface area (Å²) in [4.78, 5) is 3.67. The van der Waals surface area contributed by atoms with E-state index in [-0.39, 0.29) is 5.06 Å². The molecule has 0 saturated heterocycles. The van der Waals surface area contributed by atoms with Gasteiger partial charge in [-0.3, -0.25) is 5.06 Å². The number of rotatable bonds is 0. The van der Waals surface area contributed by atoms with Crippen molar-refractivity contribution in [3.05, 3.63) is 29.0 Å². The molecule has 2 heterocycles. The van der Waals surface area contributed by atoms with Crippen LogP contribution in [0.1, 0.15) is 0 Å². The van der Waals surface area contributed by atoms with E-state index in [1.807, 2.05) is 0 Å². The first kappa shape index (κ1) is 5.45. The minimum Gasteiger partial charge on any atom is -0.623 e. The Balaban J connectivity index is 2.45. The van der Waals surface area contributed by atoms with Gasteiger partial charge < -0.3 is 5.21 Å². The molecule has 0 aromatic carbocycles. The number of hydrogen-bond acceptors (Lipinski definition) is 4. The summed E-state index contributed by atoms with van der Waals surface area (Å²) in [6, 6.07) is 0. The Kier molecular flexibility index (Phi) is 0.996. The molecular weight excluding hydrogens is 132 g/mol. The molecule has 0 radical (unpaired) electrons. The van der Waals surface area contributed by atoms with Crippen LogP contribution in [-0.2, 0) is 0 Å². The Morgan fingerprint density at radius 3 is 3.10 bits per heavy atom. The second-order valence-electron chi connectivity index (χ2n) is 1.92. The van der Waals surface area contributed by atoms with Gasteiger partial charge in [0.15, 0.2) is 17.7 Å². The Bertz CT molecular complexity index is 275. The lowest BCUT2D eigenvalue weighted by Crippen LogP contribution is -3.04. The van der Waals surface area contributed by atoms with Crippen molar-refractivity contribution in [2.24, 2.45) is 15.2 Å². The molecule has 0 aliphatic carbocycles. The lowest BCUT2D eigenvalue weighted by atomic mass is 10.3. The van der Waals surface area contributed by atoms with E-state index < -0.39 is 0 Å². The summed E-state index contributed by atoms with van der Waals surface area (Å²) in [5.74, 6) is 0. The van der Waals surface area contributed by atoms with Crippen LogP contribution in [0, 0.1) is 5.21 Å². The fourth-order valence-electron chi connectivity index (χ4n) is 0.799. The van der Waals surface area contributed by atoms with Crippen LogP contribution in [-0.4, -0.2) is 6.34 Å². The number of nitrogens with zero attached hydrogens (tertiary/aromatic N) is 3. The van der Waals surface area contributed by atoms with E-state index in [1.54, 1.807) is 0 Å². The van der Waals surface area contributed by atoms with Crippen LogP contribution in [0.5, 0.6) is 0 Å². The average molecular weight is 136 g/mol. The highest BCUT2D eigenvalue weighted by molar-refractivity contribution is 5.51. The number of hydroxylamine groups is 2. The van der Waals surface area contributed by atoms with Gasteiger partial charge in [0, 0.05) is 0 Å². The predicted octanol–water partition coefficient (Wildman–Crippen LogP) is -0.440. The van der Waals surface area contributed by atoms with Crippen LogP contribution < -0.4 is 5.06 Å². The molecule has 2 aliphatic heterocycles. The van der Waals surface area contributed by atoms with E-state index in [0.717, 1.165) is 0 Å². The first-order valence-electron chi connectivity index (χ1n) is 2.77. The second-order valence-corrected chi connectivity index (χ2v) is 1.92. The van der Waals surface area contributed by atoms with E-state index >= 15 is 0 Å². The van der Waals surface area contributed by atoms with Gasteiger partial charge in [-0.2, -0.15) is 5.11 Å².